The molecule has 7 heteroatoms. The summed E-state index contributed by atoms with van der Waals surface area (Å²) < 4.78 is 1.51. The van der Waals surface area contributed by atoms with Crippen molar-refractivity contribution >= 4 is 28.4 Å². The number of nitrogen functional groups attached to an aromatic ring is 1. The third kappa shape index (κ3) is 4.27. The lowest BCUT2D eigenvalue weighted by Gasteiger charge is -2.16. The largest absolute Gasteiger partial charge is 0.352 e. The van der Waals surface area contributed by atoms with E-state index in [1.807, 2.05) is 48.5 Å². The lowest BCUT2D eigenvalue weighted by molar-refractivity contribution is -0.120. The molecule has 156 valence electrons. The zero-order valence-electron chi connectivity index (χ0n) is 16.9. The van der Waals surface area contributed by atoms with Gasteiger partial charge in [0.2, 0.25) is 11.1 Å². The maximum atomic E-state index is 12.9. The van der Waals surface area contributed by atoms with E-state index in [-0.39, 0.29) is 11.9 Å². The summed E-state index contributed by atoms with van der Waals surface area (Å²) in [4.78, 5) is 12.9. The first-order valence-corrected chi connectivity index (χ1v) is 11.2. The van der Waals surface area contributed by atoms with E-state index in [4.69, 9.17) is 5.84 Å². The predicted molar refractivity (Wildman–Crippen MR) is 123 cm³/mol. The number of amides is 1. The van der Waals surface area contributed by atoms with Crippen molar-refractivity contribution in [2.24, 2.45) is 0 Å². The maximum absolute atomic E-state index is 12.9. The first-order chi connectivity index (χ1) is 15.2. The lowest BCUT2D eigenvalue weighted by atomic mass is 10.0. The number of carbonyl (C=O) groups excluding carboxylic acids is 1. The van der Waals surface area contributed by atoms with Gasteiger partial charge in [0.25, 0.3) is 0 Å². The summed E-state index contributed by atoms with van der Waals surface area (Å²) in [7, 11) is 0. The Hall–Kier alpha value is -3.32. The Bertz CT molecular complexity index is 1210. The molecule has 0 unspecified atom stereocenters. The molecule has 0 saturated heterocycles. The van der Waals surface area contributed by atoms with E-state index in [0.717, 1.165) is 24.0 Å². The number of thioether (sulfide) groups is 1. The number of fused-ring (bicyclic) bond motifs is 1. The minimum Gasteiger partial charge on any atom is -0.352 e. The highest BCUT2D eigenvalue weighted by molar-refractivity contribution is 8.00. The van der Waals surface area contributed by atoms with Crippen LogP contribution in [-0.4, -0.2) is 26.8 Å². The molecule has 6 nitrogen and oxygen atoms in total. The fourth-order valence-electron chi connectivity index (χ4n) is 3.64. The molecule has 1 atom stereocenters. The predicted octanol–water partition coefficient (Wildman–Crippen LogP) is 3.85. The molecule has 1 aliphatic rings. The van der Waals surface area contributed by atoms with Crippen molar-refractivity contribution in [3.8, 4) is 0 Å². The van der Waals surface area contributed by atoms with Crippen molar-refractivity contribution in [1.29, 1.82) is 0 Å². The summed E-state index contributed by atoms with van der Waals surface area (Å²) in [6.45, 7) is 0. The highest BCUT2D eigenvalue weighted by atomic mass is 32.2. The van der Waals surface area contributed by atoms with Crippen LogP contribution in [0.1, 0.15) is 35.0 Å². The van der Waals surface area contributed by atoms with Crippen LogP contribution in [0.3, 0.4) is 0 Å². The van der Waals surface area contributed by atoms with E-state index in [2.05, 4.69) is 39.8 Å². The minimum absolute atomic E-state index is 0.0164. The average molecular weight is 430 g/mol. The SMILES string of the molecule is Nn1c(Cc2cccc3ccccc23)nnc1S[C@@H](C(=O)NC1CC1)c1ccccc1. The summed E-state index contributed by atoms with van der Waals surface area (Å²) in [6.07, 6.45) is 2.65. The quantitative estimate of drug-likeness (QED) is 0.344. The molecule has 0 radical (unpaired) electrons. The van der Waals surface area contributed by atoms with Gasteiger partial charge in [-0.15, -0.1) is 10.2 Å². The molecule has 0 aliphatic heterocycles. The summed E-state index contributed by atoms with van der Waals surface area (Å²) in [5.41, 5.74) is 2.06. The number of hydrogen-bond donors (Lipinski definition) is 2. The molecule has 0 spiro atoms. The Balaban J connectivity index is 1.41. The summed E-state index contributed by atoms with van der Waals surface area (Å²) in [6, 6.07) is 24.5. The van der Waals surface area contributed by atoms with Crippen molar-refractivity contribution in [2.45, 2.75) is 35.7 Å². The van der Waals surface area contributed by atoms with Gasteiger partial charge in [-0.25, -0.2) is 4.68 Å². The molecule has 1 aromatic heterocycles. The second kappa shape index (κ2) is 8.43. The van der Waals surface area contributed by atoms with E-state index >= 15 is 0 Å². The van der Waals surface area contributed by atoms with Gasteiger partial charge in [0.05, 0.1) is 0 Å². The number of nitrogens with two attached hydrogens (primary N) is 1. The van der Waals surface area contributed by atoms with Crippen molar-refractivity contribution in [3.05, 3.63) is 89.7 Å². The van der Waals surface area contributed by atoms with E-state index < -0.39 is 5.25 Å². The Morgan fingerprint density at radius 1 is 1.03 bits per heavy atom. The van der Waals surface area contributed by atoms with Crippen LogP contribution in [0.5, 0.6) is 0 Å². The molecule has 1 amide bonds. The number of aromatic nitrogens is 3. The van der Waals surface area contributed by atoms with Crippen molar-refractivity contribution in [1.82, 2.24) is 20.2 Å². The first-order valence-electron chi connectivity index (χ1n) is 10.4. The topological polar surface area (TPSA) is 85.8 Å². The molecule has 3 aromatic carbocycles. The van der Waals surface area contributed by atoms with Gasteiger partial charge in [-0.05, 0) is 34.7 Å². The van der Waals surface area contributed by atoms with Crippen LogP contribution in [0.2, 0.25) is 0 Å². The second-order valence-electron chi connectivity index (χ2n) is 7.78. The molecular weight excluding hydrogens is 406 g/mol. The van der Waals surface area contributed by atoms with Crippen LogP contribution in [-0.2, 0) is 11.2 Å². The van der Waals surface area contributed by atoms with Gasteiger partial charge in [0, 0.05) is 12.5 Å². The third-order valence-corrected chi connectivity index (χ3v) is 6.66. The van der Waals surface area contributed by atoms with E-state index in [1.165, 1.54) is 27.2 Å². The lowest BCUT2D eigenvalue weighted by Crippen LogP contribution is -2.30. The molecule has 1 saturated carbocycles. The fraction of sp³-hybridized carbons (Fsp3) is 0.208. The van der Waals surface area contributed by atoms with Gasteiger partial charge in [-0.1, -0.05) is 84.6 Å². The molecule has 4 aromatic rings. The molecule has 3 N–H and O–H groups in total. The molecule has 1 heterocycles. The van der Waals surface area contributed by atoms with Crippen LogP contribution < -0.4 is 11.2 Å². The summed E-state index contributed by atoms with van der Waals surface area (Å²) >= 11 is 1.33. The normalized spacial score (nSPS) is 14.5. The van der Waals surface area contributed by atoms with Gasteiger partial charge in [0.1, 0.15) is 5.25 Å². The van der Waals surface area contributed by atoms with Crippen LogP contribution in [0, 0.1) is 0 Å². The molecule has 31 heavy (non-hydrogen) atoms. The third-order valence-electron chi connectivity index (χ3n) is 5.45. The molecule has 5 rings (SSSR count). The van der Waals surface area contributed by atoms with Crippen LogP contribution in [0.15, 0.2) is 78.0 Å². The van der Waals surface area contributed by atoms with Crippen molar-refractivity contribution in [3.63, 3.8) is 0 Å². The zero-order chi connectivity index (χ0) is 21.2. The summed E-state index contributed by atoms with van der Waals surface area (Å²) in [5.74, 6) is 7.02. The van der Waals surface area contributed by atoms with E-state index in [9.17, 15) is 4.79 Å². The Kier molecular flexibility index (Phi) is 5.34. The highest BCUT2D eigenvalue weighted by Gasteiger charge is 2.30. The van der Waals surface area contributed by atoms with Crippen molar-refractivity contribution in [2.75, 3.05) is 5.84 Å². The van der Waals surface area contributed by atoms with Crippen LogP contribution in [0.4, 0.5) is 0 Å². The van der Waals surface area contributed by atoms with Gasteiger partial charge >= 0.3 is 0 Å². The molecular formula is C24H23N5OS. The monoisotopic (exact) mass is 429 g/mol. The number of carbonyl (C=O) groups is 1. The highest BCUT2D eigenvalue weighted by Crippen LogP contribution is 2.35. The second-order valence-corrected chi connectivity index (χ2v) is 8.85. The van der Waals surface area contributed by atoms with Crippen molar-refractivity contribution < 1.29 is 4.79 Å². The van der Waals surface area contributed by atoms with Gasteiger partial charge in [-0.2, -0.15) is 0 Å². The molecule has 1 aliphatic carbocycles. The number of nitrogens with zero attached hydrogens (tertiary/aromatic N) is 3. The zero-order valence-corrected chi connectivity index (χ0v) is 17.8. The first kappa shape index (κ1) is 19.6. The number of hydrogen-bond acceptors (Lipinski definition) is 5. The van der Waals surface area contributed by atoms with E-state index in [0.29, 0.717) is 17.4 Å². The minimum atomic E-state index is -0.432. The van der Waals surface area contributed by atoms with Gasteiger partial charge in [-0.3, -0.25) is 4.79 Å². The smallest absolute Gasteiger partial charge is 0.238 e. The van der Waals surface area contributed by atoms with Crippen LogP contribution in [0.25, 0.3) is 10.8 Å². The Morgan fingerprint density at radius 3 is 2.58 bits per heavy atom. The Morgan fingerprint density at radius 2 is 1.77 bits per heavy atom. The molecule has 1 fully saturated rings. The summed E-state index contributed by atoms with van der Waals surface area (Å²) in [5, 5.41) is 14.2. The number of benzene rings is 3. The standard InChI is InChI=1S/C24H23N5OS/c25-29-21(15-18-11-6-10-16-7-4-5-12-20(16)18)27-28-24(29)31-22(17-8-2-1-3-9-17)23(30)26-19-13-14-19/h1-12,19,22H,13-15,25H2,(H,26,30)/t22-/m1/s1. The number of nitrogens with one attached hydrogen (secondary N) is 1. The Labute approximate surface area is 184 Å². The molecule has 0 bridgehead atoms. The number of rotatable bonds is 7. The van der Waals surface area contributed by atoms with E-state index in [1.54, 1.807) is 0 Å². The fourth-order valence-corrected chi connectivity index (χ4v) is 4.62. The van der Waals surface area contributed by atoms with Crippen LogP contribution >= 0.6 is 11.8 Å². The van der Waals surface area contributed by atoms with Gasteiger partial charge in [0.15, 0.2) is 5.82 Å². The average Bonchev–Trinajstić information content (AvgIpc) is 3.56. The van der Waals surface area contributed by atoms with Gasteiger partial charge < -0.3 is 11.2 Å². The maximum Gasteiger partial charge on any atom is 0.238 e.